The van der Waals surface area contributed by atoms with Crippen molar-refractivity contribution in [2.45, 2.75) is 167 Å². The molecule has 5 heteroatoms. The van der Waals surface area contributed by atoms with Crippen molar-refractivity contribution in [3.8, 4) is 18.6 Å². The van der Waals surface area contributed by atoms with E-state index in [0.29, 0.717) is 0 Å². The third-order valence-corrected chi connectivity index (χ3v) is 6.68. The summed E-state index contributed by atoms with van der Waals surface area (Å²) in [6, 6.07) is 6.60. The Morgan fingerprint density at radius 2 is 1.40 bits per heavy atom. The van der Waals surface area contributed by atoms with E-state index in [1.54, 1.807) is 24.3 Å². The number of alkyl halides is 2. The highest BCUT2D eigenvalue weighted by Crippen LogP contribution is 2.25. The maximum atomic E-state index is 12.7. The molecule has 45 heavy (non-hydrogen) atoms. The van der Waals surface area contributed by atoms with E-state index in [1.165, 1.54) is 77.3 Å². The predicted molar refractivity (Wildman–Crippen MR) is 203 cm³/mol. The molecule has 0 amide bonds. The van der Waals surface area contributed by atoms with Gasteiger partial charge < -0.3 is 15.0 Å². The summed E-state index contributed by atoms with van der Waals surface area (Å²) in [6.07, 6.45) is 21.5. The highest BCUT2D eigenvalue weighted by atomic mass is 19.3. The van der Waals surface area contributed by atoms with E-state index in [0.717, 1.165) is 36.6 Å². The minimum Gasteiger partial charge on any atom is -0.433 e. The van der Waals surface area contributed by atoms with Crippen LogP contribution in [0.3, 0.4) is 0 Å². The summed E-state index contributed by atoms with van der Waals surface area (Å²) in [5.74, 6) is 2.15. The molecule has 268 valence electrons. The van der Waals surface area contributed by atoms with Gasteiger partial charge in [0.2, 0.25) is 0 Å². The Kier molecular flexibility index (Phi) is 46.6. The van der Waals surface area contributed by atoms with Crippen LogP contribution in [-0.4, -0.2) is 26.2 Å². The van der Waals surface area contributed by atoms with Crippen LogP contribution >= 0.6 is 0 Å². The van der Waals surface area contributed by atoms with Gasteiger partial charge in [0.1, 0.15) is 5.75 Å². The van der Waals surface area contributed by atoms with Gasteiger partial charge in [-0.3, -0.25) is 0 Å². The van der Waals surface area contributed by atoms with Gasteiger partial charge >= 0.3 is 6.11 Å². The summed E-state index contributed by atoms with van der Waals surface area (Å²) in [7, 11) is 1.94. The fourth-order valence-corrected chi connectivity index (χ4v) is 3.86. The van der Waals surface area contributed by atoms with Crippen molar-refractivity contribution in [2.75, 3.05) is 25.0 Å². The fraction of sp³-hybridized carbons (Fsp3) is 0.750. The molecule has 0 aliphatic carbocycles. The molecule has 3 nitrogen and oxygen atoms in total. The van der Waals surface area contributed by atoms with Crippen LogP contribution in [0.1, 0.15) is 161 Å². The number of allylic oxidation sites excluding steroid dienone is 2. The van der Waals surface area contributed by atoms with Gasteiger partial charge in [-0.1, -0.05) is 134 Å². The Balaban J connectivity index is -0.000000166. The number of nitrogens with zero attached hydrogens (tertiary/aromatic N) is 1. The lowest BCUT2D eigenvalue weighted by Crippen LogP contribution is -2.27. The highest BCUT2D eigenvalue weighted by molar-refractivity contribution is 5.52. The number of rotatable bonds is 11. The zero-order chi connectivity index (χ0) is 36.1. The first-order valence-corrected chi connectivity index (χ1v) is 18.0. The maximum Gasteiger partial charge on any atom is 0.394 e. The number of nitrogens with one attached hydrogen (secondary N) is 1. The number of unbranched alkanes of at least 4 members (excludes halogenated alkanes) is 1. The van der Waals surface area contributed by atoms with E-state index < -0.39 is 6.11 Å². The number of piperidine rings is 1. The predicted octanol–water partition coefficient (Wildman–Crippen LogP) is 13.5. The molecule has 2 rings (SSSR count). The van der Waals surface area contributed by atoms with Crippen molar-refractivity contribution < 1.29 is 13.5 Å². The molecule has 1 aromatic rings. The molecule has 1 saturated heterocycles. The molecule has 1 N–H and O–H groups in total. The molecule has 0 spiro atoms. The summed E-state index contributed by atoms with van der Waals surface area (Å²) in [5.41, 5.74) is 2.05. The van der Waals surface area contributed by atoms with Gasteiger partial charge in [0.05, 0.1) is 0 Å². The van der Waals surface area contributed by atoms with E-state index >= 15 is 0 Å². The van der Waals surface area contributed by atoms with E-state index in [-0.39, 0.29) is 5.75 Å². The summed E-state index contributed by atoms with van der Waals surface area (Å²) in [6.45, 7) is 29.0. The molecule has 0 aromatic heterocycles. The molecule has 1 unspecified atom stereocenters. The number of hydrogen-bond acceptors (Lipinski definition) is 3. The van der Waals surface area contributed by atoms with Crippen LogP contribution in [0.4, 0.5) is 14.5 Å². The first-order chi connectivity index (χ1) is 21.4. The quantitative estimate of drug-likeness (QED) is 0.244. The molecule has 1 aliphatic heterocycles. The largest absolute Gasteiger partial charge is 0.433 e. The maximum absolute atomic E-state index is 12.7. The lowest BCUT2D eigenvalue weighted by atomic mass is 9.94. The topological polar surface area (TPSA) is 24.5 Å². The van der Waals surface area contributed by atoms with Crippen LogP contribution in [0.5, 0.6) is 5.75 Å². The third kappa shape index (κ3) is 39.9. The van der Waals surface area contributed by atoms with Crippen LogP contribution in [0.25, 0.3) is 0 Å². The number of terminal acetylenes is 1. The molecule has 1 atom stereocenters. The molecule has 0 radical (unpaired) electrons. The molecule has 0 bridgehead atoms. The van der Waals surface area contributed by atoms with Gasteiger partial charge in [0.25, 0.3) is 0 Å². The molecule has 1 fully saturated rings. The monoisotopic (exact) mass is 641 g/mol. The Bertz CT molecular complexity index is 715. The van der Waals surface area contributed by atoms with Crippen LogP contribution in [-0.2, 0) is 0 Å². The first kappa shape index (κ1) is 52.5. The minimum absolute atomic E-state index is 0.164. The van der Waals surface area contributed by atoms with Gasteiger partial charge in [-0.05, 0) is 75.4 Å². The molecule has 0 saturated carbocycles. The molecular weight excluding hydrogens is 562 g/mol. The van der Waals surface area contributed by atoms with Crippen LogP contribution in [0.15, 0.2) is 36.0 Å². The smallest absolute Gasteiger partial charge is 0.394 e. The average molecular weight is 641 g/mol. The van der Waals surface area contributed by atoms with E-state index in [4.69, 9.17) is 0 Å². The van der Waals surface area contributed by atoms with Crippen molar-refractivity contribution in [2.24, 2.45) is 11.8 Å². The van der Waals surface area contributed by atoms with Crippen molar-refractivity contribution in [3.05, 3.63) is 36.0 Å². The number of anilines is 1. The second kappa shape index (κ2) is 40.0. The molecular formula is C40H78F2N2O. The van der Waals surface area contributed by atoms with Crippen molar-refractivity contribution in [1.29, 1.82) is 0 Å². The lowest BCUT2D eigenvalue weighted by molar-refractivity contribution is -0.158. The van der Waals surface area contributed by atoms with E-state index in [9.17, 15) is 8.78 Å². The Labute approximate surface area is 282 Å². The van der Waals surface area contributed by atoms with Crippen LogP contribution in [0.2, 0.25) is 0 Å². The van der Waals surface area contributed by atoms with Gasteiger partial charge in [-0.25, -0.2) is 0 Å². The Hall–Kier alpha value is -2.06. The normalized spacial score (nSPS) is 12.9. The van der Waals surface area contributed by atoms with Crippen LogP contribution < -0.4 is 15.0 Å². The summed E-state index contributed by atoms with van der Waals surface area (Å²) < 4.78 is 29.8. The Morgan fingerprint density at radius 1 is 0.933 bits per heavy atom. The standard InChI is InChI=1S/C14H19F2NO.C8H17N.C7H16.C4H10.C3H8.C2H6.C2H2/c1-5-6-11(2)17(4)12-7-9-13(10-8-12)18-14(3,15)16;1-2-3-8-4-6-9-7-5-8;1-4-6-7(3)5-2;1-3-4-2;1-3-2;2*1-2/h6-10H,5H2,1-4H3;8-9H,2-7H2,1H3;7H,4-6H2,1-3H3;3-4H2,1-2H3;3H2,1-2H3;1-2H3;1-2H/b11-6-;;;;;;. The van der Waals surface area contributed by atoms with E-state index in [2.05, 4.69) is 91.3 Å². The summed E-state index contributed by atoms with van der Waals surface area (Å²) >= 11 is 0. The Morgan fingerprint density at radius 3 is 1.71 bits per heavy atom. The van der Waals surface area contributed by atoms with Crippen molar-refractivity contribution in [3.63, 3.8) is 0 Å². The second-order valence-electron chi connectivity index (χ2n) is 11.2. The molecule has 1 heterocycles. The molecule has 1 aromatic carbocycles. The second-order valence-corrected chi connectivity index (χ2v) is 11.2. The van der Waals surface area contributed by atoms with Gasteiger partial charge in [-0.2, -0.15) is 8.78 Å². The fourth-order valence-electron chi connectivity index (χ4n) is 3.86. The minimum atomic E-state index is -3.15. The molecule has 1 aliphatic rings. The number of halogens is 2. The third-order valence-electron chi connectivity index (χ3n) is 6.68. The number of hydrogen-bond donors (Lipinski definition) is 1. The average Bonchev–Trinajstić information content (AvgIpc) is 3.04. The van der Waals surface area contributed by atoms with Crippen molar-refractivity contribution in [1.82, 2.24) is 5.32 Å². The SMILES string of the molecule is C#C.CC.CC/C=C(/C)N(C)c1ccc(OC(C)(F)F)cc1.CCC.CCCC.CCCC(C)CC.CCCC1CCNCC1. The van der Waals surface area contributed by atoms with Gasteiger partial charge in [0.15, 0.2) is 0 Å². The van der Waals surface area contributed by atoms with Gasteiger partial charge in [0, 0.05) is 25.4 Å². The van der Waals surface area contributed by atoms with Crippen molar-refractivity contribution >= 4 is 5.69 Å². The number of benzene rings is 1. The van der Waals surface area contributed by atoms with Crippen LogP contribution in [0, 0.1) is 24.7 Å². The highest BCUT2D eigenvalue weighted by Gasteiger charge is 2.23. The number of ether oxygens (including phenoxy) is 1. The lowest BCUT2D eigenvalue weighted by Gasteiger charge is -2.21. The first-order valence-electron chi connectivity index (χ1n) is 18.0. The zero-order valence-corrected chi connectivity index (χ0v) is 32.5. The zero-order valence-electron chi connectivity index (χ0n) is 32.5. The van der Waals surface area contributed by atoms with E-state index in [1.807, 2.05) is 32.7 Å². The summed E-state index contributed by atoms with van der Waals surface area (Å²) in [5, 5.41) is 3.37. The van der Waals surface area contributed by atoms with Gasteiger partial charge in [-0.15, -0.1) is 12.8 Å². The summed E-state index contributed by atoms with van der Waals surface area (Å²) in [4.78, 5) is 2.00.